The van der Waals surface area contributed by atoms with Crippen LogP contribution in [0.3, 0.4) is 0 Å². The normalized spacial score (nSPS) is 11.2. The largest absolute Gasteiger partial charge is 0.361 e. The number of hydrogen-bond donors (Lipinski definition) is 0. The van der Waals surface area contributed by atoms with Gasteiger partial charge in [-0.2, -0.15) is 0 Å². The Kier molecular flexibility index (Phi) is 4.46. The second-order valence-electron chi connectivity index (χ2n) is 5.89. The van der Waals surface area contributed by atoms with E-state index in [0.29, 0.717) is 13.3 Å². The lowest BCUT2D eigenvalue weighted by Gasteiger charge is -2.12. The van der Waals surface area contributed by atoms with Crippen molar-refractivity contribution < 1.29 is 9.13 Å². The molecule has 0 spiro atoms. The van der Waals surface area contributed by atoms with E-state index in [0.717, 1.165) is 33.4 Å². The molecule has 3 aromatic heterocycles. The Morgan fingerprint density at radius 3 is 2.46 bits per heavy atom. The lowest BCUT2D eigenvalue weighted by atomic mass is 10.0. The summed E-state index contributed by atoms with van der Waals surface area (Å²) in [7, 11) is 0. The molecule has 0 unspecified atom stereocenters. The van der Waals surface area contributed by atoms with Gasteiger partial charge in [0.25, 0.3) is 0 Å². The molecule has 0 amide bonds. The Balaban J connectivity index is 2.06. The maximum atomic E-state index is 13.5. The lowest BCUT2D eigenvalue weighted by Crippen LogP contribution is -2.04. The van der Waals surface area contributed by atoms with Gasteiger partial charge < -0.3 is 9.30 Å². The number of hydrogen-bond acceptors (Lipinski definition) is 3. The van der Waals surface area contributed by atoms with Gasteiger partial charge in [0.15, 0.2) is 0 Å². The monoisotopic (exact) mass is 347 g/mol. The van der Waals surface area contributed by atoms with Gasteiger partial charge in [-0.05, 0) is 48.9 Å². The molecule has 1 aromatic carbocycles. The summed E-state index contributed by atoms with van der Waals surface area (Å²) < 4.78 is 21.3. The molecule has 130 valence electrons. The minimum Gasteiger partial charge on any atom is -0.361 e. The summed E-state index contributed by atoms with van der Waals surface area (Å²) in [6.07, 6.45) is 5.30. The Hall–Kier alpha value is -3.05. The van der Waals surface area contributed by atoms with E-state index in [1.807, 2.05) is 31.2 Å². The first-order valence-electron chi connectivity index (χ1n) is 8.51. The van der Waals surface area contributed by atoms with Crippen LogP contribution in [0.25, 0.3) is 33.4 Å². The molecular formula is C21H18FN3O. The van der Waals surface area contributed by atoms with E-state index < -0.39 is 0 Å². The second kappa shape index (κ2) is 7.06. The summed E-state index contributed by atoms with van der Waals surface area (Å²) in [5.74, 6) is -0.259. The maximum Gasteiger partial charge on any atom is 0.123 e. The third-order valence-corrected chi connectivity index (χ3v) is 4.33. The van der Waals surface area contributed by atoms with E-state index in [-0.39, 0.29) is 5.82 Å². The molecule has 4 aromatic rings. The van der Waals surface area contributed by atoms with Crippen LogP contribution in [0, 0.1) is 5.82 Å². The average molecular weight is 347 g/mol. The number of ether oxygens (including phenoxy) is 1. The van der Waals surface area contributed by atoms with Gasteiger partial charge >= 0.3 is 0 Å². The smallest absolute Gasteiger partial charge is 0.123 e. The van der Waals surface area contributed by atoms with Crippen LogP contribution in [0.1, 0.15) is 6.92 Å². The standard InChI is InChI=1S/C21H18FN3O/c1-2-26-14-25-18-4-3-11-24-20(18)19(15-5-7-17(22)8-6-15)21(25)16-9-12-23-13-10-16/h3-13H,2,14H2,1H3. The van der Waals surface area contributed by atoms with Gasteiger partial charge in [-0.1, -0.05) is 12.1 Å². The number of benzene rings is 1. The fraction of sp³-hybridized carbons (Fsp3) is 0.143. The molecule has 0 saturated heterocycles. The van der Waals surface area contributed by atoms with Crippen molar-refractivity contribution in [3.8, 4) is 22.4 Å². The highest BCUT2D eigenvalue weighted by atomic mass is 19.1. The third kappa shape index (κ3) is 2.86. The Bertz CT molecular complexity index is 1030. The zero-order valence-electron chi connectivity index (χ0n) is 14.4. The van der Waals surface area contributed by atoms with Crippen molar-refractivity contribution in [2.75, 3.05) is 6.61 Å². The van der Waals surface area contributed by atoms with Crippen molar-refractivity contribution in [1.29, 1.82) is 0 Å². The predicted molar refractivity (Wildman–Crippen MR) is 100.0 cm³/mol. The number of aromatic nitrogens is 3. The van der Waals surface area contributed by atoms with E-state index in [4.69, 9.17) is 4.74 Å². The molecule has 0 bridgehead atoms. The first-order chi connectivity index (χ1) is 12.8. The summed E-state index contributed by atoms with van der Waals surface area (Å²) in [5.41, 5.74) is 5.72. The second-order valence-corrected chi connectivity index (χ2v) is 5.89. The van der Waals surface area contributed by atoms with Crippen molar-refractivity contribution in [2.45, 2.75) is 13.7 Å². The highest BCUT2D eigenvalue weighted by molar-refractivity contribution is 6.02. The van der Waals surface area contributed by atoms with Crippen molar-refractivity contribution in [2.24, 2.45) is 0 Å². The summed E-state index contributed by atoms with van der Waals surface area (Å²) in [6, 6.07) is 14.4. The molecule has 0 atom stereocenters. The molecule has 0 fully saturated rings. The van der Waals surface area contributed by atoms with Crippen LogP contribution >= 0.6 is 0 Å². The van der Waals surface area contributed by atoms with E-state index in [1.165, 1.54) is 12.1 Å². The van der Waals surface area contributed by atoms with Gasteiger partial charge in [0.2, 0.25) is 0 Å². The number of nitrogens with zero attached hydrogens (tertiary/aromatic N) is 3. The number of fused-ring (bicyclic) bond motifs is 1. The summed E-state index contributed by atoms with van der Waals surface area (Å²) in [6.45, 7) is 3.00. The van der Waals surface area contributed by atoms with Crippen LogP contribution in [0.15, 0.2) is 67.1 Å². The van der Waals surface area contributed by atoms with Gasteiger partial charge in [0, 0.05) is 36.3 Å². The SMILES string of the molecule is CCOCn1c(-c2ccncc2)c(-c2ccc(F)cc2)c2ncccc21. The molecule has 0 N–H and O–H groups in total. The topological polar surface area (TPSA) is 39.9 Å². The number of halogens is 1. The number of pyridine rings is 2. The third-order valence-electron chi connectivity index (χ3n) is 4.33. The zero-order valence-corrected chi connectivity index (χ0v) is 14.4. The summed E-state index contributed by atoms with van der Waals surface area (Å²) >= 11 is 0. The molecule has 4 rings (SSSR count). The number of rotatable bonds is 5. The van der Waals surface area contributed by atoms with Crippen LogP contribution in [-0.4, -0.2) is 21.1 Å². The van der Waals surface area contributed by atoms with Crippen molar-refractivity contribution in [1.82, 2.24) is 14.5 Å². The van der Waals surface area contributed by atoms with Crippen molar-refractivity contribution >= 4 is 11.0 Å². The van der Waals surface area contributed by atoms with Crippen molar-refractivity contribution in [3.63, 3.8) is 0 Å². The quantitative estimate of drug-likeness (QED) is 0.515. The molecule has 3 heterocycles. The van der Waals surface area contributed by atoms with E-state index >= 15 is 0 Å². The molecule has 0 saturated carbocycles. The summed E-state index contributed by atoms with van der Waals surface area (Å²) in [5, 5.41) is 0. The first kappa shape index (κ1) is 16.4. The average Bonchev–Trinajstić information content (AvgIpc) is 3.02. The minimum atomic E-state index is -0.259. The molecule has 0 radical (unpaired) electrons. The maximum absolute atomic E-state index is 13.5. The van der Waals surface area contributed by atoms with Gasteiger partial charge in [0.05, 0.1) is 16.7 Å². The molecule has 5 heteroatoms. The Morgan fingerprint density at radius 1 is 0.962 bits per heavy atom. The van der Waals surface area contributed by atoms with Crippen LogP contribution in [0.4, 0.5) is 4.39 Å². The molecule has 0 aliphatic carbocycles. The van der Waals surface area contributed by atoms with Gasteiger partial charge in [-0.25, -0.2) is 4.39 Å². The zero-order chi connectivity index (χ0) is 17.9. The lowest BCUT2D eigenvalue weighted by molar-refractivity contribution is 0.0919. The fourth-order valence-corrected chi connectivity index (χ4v) is 3.19. The van der Waals surface area contributed by atoms with Crippen LogP contribution in [0.5, 0.6) is 0 Å². The van der Waals surface area contributed by atoms with E-state index in [2.05, 4.69) is 14.5 Å². The summed E-state index contributed by atoms with van der Waals surface area (Å²) in [4.78, 5) is 8.73. The highest BCUT2D eigenvalue weighted by Gasteiger charge is 2.21. The fourth-order valence-electron chi connectivity index (χ4n) is 3.19. The molecule has 0 aliphatic rings. The van der Waals surface area contributed by atoms with E-state index in [1.54, 1.807) is 30.7 Å². The van der Waals surface area contributed by atoms with Crippen molar-refractivity contribution in [3.05, 3.63) is 72.9 Å². The van der Waals surface area contributed by atoms with E-state index in [9.17, 15) is 4.39 Å². The first-order valence-corrected chi connectivity index (χ1v) is 8.51. The Morgan fingerprint density at radius 2 is 1.73 bits per heavy atom. The Labute approximate surface area is 150 Å². The molecular weight excluding hydrogens is 329 g/mol. The predicted octanol–water partition coefficient (Wildman–Crippen LogP) is 4.90. The van der Waals surface area contributed by atoms with Crippen LogP contribution < -0.4 is 0 Å². The van der Waals surface area contributed by atoms with Gasteiger partial charge in [0.1, 0.15) is 12.5 Å². The molecule has 4 nitrogen and oxygen atoms in total. The molecule has 26 heavy (non-hydrogen) atoms. The van der Waals surface area contributed by atoms with Gasteiger partial charge in [-0.3, -0.25) is 9.97 Å². The minimum absolute atomic E-state index is 0.259. The van der Waals surface area contributed by atoms with Crippen LogP contribution in [0.2, 0.25) is 0 Å². The van der Waals surface area contributed by atoms with Crippen LogP contribution in [-0.2, 0) is 11.5 Å². The van der Waals surface area contributed by atoms with Gasteiger partial charge in [-0.15, -0.1) is 0 Å². The highest BCUT2D eigenvalue weighted by Crippen LogP contribution is 2.39. The molecule has 0 aliphatic heterocycles.